The summed E-state index contributed by atoms with van der Waals surface area (Å²) in [5.74, 6) is 1.89. The molecule has 0 aromatic rings. The van der Waals surface area contributed by atoms with Gasteiger partial charge in [0.2, 0.25) is 0 Å². The average molecular weight is 509 g/mol. The molecule has 1 aliphatic heterocycles. The summed E-state index contributed by atoms with van der Waals surface area (Å²) in [4.78, 5) is 2.37. The lowest BCUT2D eigenvalue weighted by Crippen LogP contribution is -2.47. The van der Waals surface area contributed by atoms with E-state index in [9.17, 15) is 0 Å². The van der Waals surface area contributed by atoms with Gasteiger partial charge in [0.05, 0.1) is 5.70 Å². The first-order valence-corrected chi connectivity index (χ1v) is 14.0. The van der Waals surface area contributed by atoms with Gasteiger partial charge in [-0.2, -0.15) is 0 Å². The van der Waals surface area contributed by atoms with Gasteiger partial charge >= 0.3 is 0 Å². The standard InChI is InChI=1S/C33H56N4/c1-14-15-29(30(20-24(4)5)18-16-23(2)3)19-17-25(6)27(8)36-31(21-34-12)32(35-13)37-22-26(7)33(10,11)28(37)9/h14-18,20-21,23-24,26,29,32,34-36H,8-9,19,22H2,1-7,10-13H3/b15-14?,18-16-,25-17+,30-20+,31-21+. The minimum Gasteiger partial charge on any atom is -0.392 e. The molecule has 3 N–H and O–H groups in total. The molecule has 0 aliphatic carbocycles. The molecule has 1 rings (SSSR count). The predicted octanol–water partition coefficient (Wildman–Crippen LogP) is 7.51. The number of allylic oxidation sites excluding steroid dienone is 9. The van der Waals surface area contributed by atoms with Crippen LogP contribution in [-0.2, 0) is 0 Å². The van der Waals surface area contributed by atoms with Crippen LogP contribution in [0.1, 0.15) is 68.7 Å². The van der Waals surface area contributed by atoms with E-state index in [4.69, 9.17) is 0 Å². The fourth-order valence-electron chi connectivity index (χ4n) is 4.62. The van der Waals surface area contributed by atoms with Gasteiger partial charge in [0.1, 0.15) is 6.17 Å². The summed E-state index contributed by atoms with van der Waals surface area (Å²) < 4.78 is 0. The Balaban J connectivity index is 3.14. The molecular formula is C33H56N4. The molecule has 0 aromatic carbocycles. The van der Waals surface area contributed by atoms with Crippen molar-refractivity contribution in [3.05, 3.63) is 84.1 Å². The molecule has 0 aromatic heterocycles. The van der Waals surface area contributed by atoms with E-state index in [1.165, 1.54) is 5.57 Å². The van der Waals surface area contributed by atoms with Crippen LogP contribution in [0.2, 0.25) is 0 Å². The van der Waals surface area contributed by atoms with Gasteiger partial charge in [-0.1, -0.05) is 98.1 Å². The van der Waals surface area contributed by atoms with Crippen molar-refractivity contribution in [2.24, 2.45) is 29.1 Å². The average Bonchev–Trinajstić information content (AvgIpc) is 3.02. The number of hydrogen-bond donors (Lipinski definition) is 3. The van der Waals surface area contributed by atoms with Crippen LogP contribution in [0.5, 0.6) is 0 Å². The number of nitrogens with zero attached hydrogens (tertiary/aromatic N) is 1. The minimum absolute atomic E-state index is 0.0220. The predicted molar refractivity (Wildman–Crippen MR) is 165 cm³/mol. The third-order valence-electron chi connectivity index (χ3n) is 7.47. The lowest BCUT2D eigenvalue weighted by atomic mass is 9.81. The van der Waals surface area contributed by atoms with Gasteiger partial charge in [0.15, 0.2) is 0 Å². The maximum Gasteiger partial charge on any atom is 0.122 e. The lowest BCUT2D eigenvalue weighted by Gasteiger charge is -2.35. The molecule has 208 valence electrons. The first-order chi connectivity index (χ1) is 17.3. The SMILES string of the molecule is C=C(N/C(=C/NC)C(NC)N1CC(C)C(C)(C)C1=C)/C(C)=C/CC(C=CC)C(/C=C\C(C)C)=C/C(C)C. The van der Waals surface area contributed by atoms with Gasteiger partial charge in [-0.05, 0) is 56.2 Å². The summed E-state index contributed by atoms with van der Waals surface area (Å²) in [5, 5.41) is 10.3. The third kappa shape index (κ3) is 9.41. The first-order valence-electron chi connectivity index (χ1n) is 14.0. The summed E-state index contributed by atoms with van der Waals surface area (Å²) in [7, 11) is 3.93. The maximum atomic E-state index is 4.45. The molecule has 3 unspecified atom stereocenters. The summed E-state index contributed by atoms with van der Waals surface area (Å²) in [6.45, 7) is 29.9. The Morgan fingerprint density at radius 2 is 1.78 bits per heavy atom. The van der Waals surface area contributed by atoms with E-state index in [0.717, 1.165) is 35.6 Å². The van der Waals surface area contributed by atoms with Crippen LogP contribution < -0.4 is 16.0 Å². The Morgan fingerprint density at radius 1 is 1.14 bits per heavy atom. The van der Waals surface area contributed by atoms with E-state index < -0.39 is 0 Å². The Labute approximate surface area is 229 Å². The number of nitrogens with one attached hydrogen (secondary N) is 3. The molecule has 4 nitrogen and oxygen atoms in total. The van der Waals surface area contributed by atoms with E-state index in [1.54, 1.807) is 0 Å². The molecule has 3 atom stereocenters. The highest BCUT2D eigenvalue weighted by atomic mass is 15.3. The highest BCUT2D eigenvalue weighted by Gasteiger charge is 2.42. The van der Waals surface area contributed by atoms with Crippen molar-refractivity contribution in [1.82, 2.24) is 20.9 Å². The van der Waals surface area contributed by atoms with Crippen LogP contribution in [0.15, 0.2) is 84.1 Å². The van der Waals surface area contributed by atoms with E-state index >= 15 is 0 Å². The third-order valence-corrected chi connectivity index (χ3v) is 7.47. The fourth-order valence-corrected chi connectivity index (χ4v) is 4.62. The van der Waals surface area contributed by atoms with Crippen molar-refractivity contribution < 1.29 is 0 Å². The van der Waals surface area contributed by atoms with Crippen molar-refractivity contribution in [3.63, 3.8) is 0 Å². The summed E-state index contributed by atoms with van der Waals surface area (Å²) in [6, 6.07) is 0. The molecule has 4 heteroatoms. The molecule has 0 amide bonds. The van der Waals surface area contributed by atoms with Gasteiger partial charge in [-0.25, -0.2) is 0 Å². The van der Waals surface area contributed by atoms with Gasteiger partial charge in [-0.3, -0.25) is 5.32 Å². The number of likely N-dealkylation sites (tertiary alicyclic amines) is 1. The zero-order valence-electron chi connectivity index (χ0n) is 25.7. The molecule has 1 fully saturated rings. The van der Waals surface area contributed by atoms with E-state index in [0.29, 0.717) is 23.7 Å². The van der Waals surface area contributed by atoms with Crippen molar-refractivity contribution in [3.8, 4) is 0 Å². The van der Waals surface area contributed by atoms with Gasteiger partial charge < -0.3 is 15.5 Å². The quantitative estimate of drug-likeness (QED) is 0.168. The van der Waals surface area contributed by atoms with Crippen molar-refractivity contribution >= 4 is 0 Å². The monoisotopic (exact) mass is 508 g/mol. The normalized spacial score (nSPS) is 21.0. The first kappa shape index (κ1) is 32.6. The van der Waals surface area contributed by atoms with Crippen molar-refractivity contribution in [2.75, 3.05) is 20.6 Å². The van der Waals surface area contributed by atoms with E-state index in [-0.39, 0.29) is 11.6 Å². The Hall–Kier alpha value is -2.46. The highest BCUT2D eigenvalue weighted by molar-refractivity contribution is 5.33. The van der Waals surface area contributed by atoms with Crippen molar-refractivity contribution in [2.45, 2.75) is 74.9 Å². The lowest BCUT2D eigenvalue weighted by molar-refractivity contribution is 0.267. The largest absolute Gasteiger partial charge is 0.392 e. The second kappa shape index (κ2) is 15.1. The highest BCUT2D eigenvalue weighted by Crippen LogP contribution is 2.44. The van der Waals surface area contributed by atoms with Crippen LogP contribution in [0.25, 0.3) is 0 Å². The van der Waals surface area contributed by atoms with Gasteiger partial charge in [0, 0.05) is 42.5 Å². The summed E-state index contributed by atoms with van der Waals surface area (Å²) in [6.07, 6.45) is 16.7. The van der Waals surface area contributed by atoms with Crippen LogP contribution in [0.4, 0.5) is 0 Å². The van der Waals surface area contributed by atoms with E-state index in [1.807, 2.05) is 20.3 Å². The fraction of sp³-hybridized carbons (Fsp3) is 0.576. The summed E-state index contributed by atoms with van der Waals surface area (Å²) in [5.41, 5.74) is 5.69. The number of rotatable bonds is 14. The smallest absolute Gasteiger partial charge is 0.122 e. The molecule has 1 aliphatic rings. The van der Waals surface area contributed by atoms with Gasteiger partial charge in [-0.15, -0.1) is 0 Å². The second-order valence-electron chi connectivity index (χ2n) is 11.7. The molecule has 37 heavy (non-hydrogen) atoms. The molecule has 0 bridgehead atoms. The topological polar surface area (TPSA) is 39.3 Å². The Bertz CT molecular complexity index is 911. The maximum absolute atomic E-state index is 4.45. The molecular weight excluding hydrogens is 452 g/mol. The van der Waals surface area contributed by atoms with Crippen LogP contribution in [0.3, 0.4) is 0 Å². The zero-order chi connectivity index (χ0) is 28.3. The zero-order valence-corrected chi connectivity index (χ0v) is 25.7. The number of hydrogen-bond acceptors (Lipinski definition) is 4. The molecule has 0 spiro atoms. The Morgan fingerprint density at radius 3 is 2.24 bits per heavy atom. The molecule has 1 heterocycles. The Kier molecular flexibility index (Phi) is 13.3. The van der Waals surface area contributed by atoms with E-state index in [2.05, 4.69) is 133 Å². The molecule has 0 saturated carbocycles. The van der Waals surface area contributed by atoms with Crippen LogP contribution in [0, 0.1) is 29.1 Å². The molecule has 1 saturated heterocycles. The number of likely N-dealkylation sites (N-methyl/N-ethyl adjacent to an activating group) is 1. The van der Waals surface area contributed by atoms with Crippen molar-refractivity contribution in [1.29, 1.82) is 0 Å². The van der Waals surface area contributed by atoms with Crippen LogP contribution >= 0.6 is 0 Å². The van der Waals surface area contributed by atoms with Gasteiger partial charge in [0.25, 0.3) is 0 Å². The van der Waals surface area contributed by atoms with Crippen LogP contribution in [-0.4, -0.2) is 31.7 Å². The molecule has 0 radical (unpaired) electrons. The minimum atomic E-state index is -0.0220. The summed E-state index contributed by atoms with van der Waals surface area (Å²) >= 11 is 0. The second-order valence-corrected chi connectivity index (χ2v) is 11.7.